The molecule has 0 saturated heterocycles. The van der Waals surface area contributed by atoms with Gasteiger partial charge in [-0.1, -0.05) is 17.7 Å². The number of aryl methyl sites for hydroxylation is 1. The molecule has 0 aliphatic heterocycles. The lowest BCUT2D eigenvalue weighted by Crippen LogP contribution is -2.20. The smallest absolute Gasteiger partial charge is 0.338 e. The fourth-order valence-electron chi connectivity index (χ4n) is 1.73. The van der Waals surface area contributed by atoms with Crippen LogP contribution in [0.1, 0.15) is 21.5 Å². The van der Waals surface area contributed by atoms with Crippen LogP contribution in [0, 0.1) is 18.3 Å². The molecule has 0 saturated carbocycles. The summed E-state index contributed by atoms with van der Waals surface area (Å²) in [6, 6.07) is 15.3. The number of hydrogen-bond acceptors (Lipinski definition) is 4. The number of esters is 1. The normalized spacial score (nSPS) is 9.64. The summed E-state index contributed by atoms with van der Waals surface area (Å²) in [6.45, 7) is 1.58. The Bertz CT molecular complexity index is 713. The summed E-state index contributed by atoms with van der Waals surface area (Å²) >= 11 is 0. The second-order valence-electron chi connectivity index (χ2n) is 4.68. The minimum atomic E-state index is -0.608. The van der Waals surface area contributed by atoms with Crippen molar-refractivity contribution in [3.63, 3.8) is 0 Å². The highest BCUT2D eigenvalue weighted by Crippen LogP contribution is 2.09. The lowest BCUT2D eigenvalue weighted by atomic mass is 10.1. The van der Waals surface area contributed by atoms with E-state index in [1.54, 1.807) is 12.1 Å². The molecule has 0 heterocycles. The number of nitrogens with zero attached hydrogens (tertiary/aromatic N) is 1. The number of benzene rings is 2. The summed E-state index contributed by atoms with van der Waals surface area (Å²) in [5, 5.41) is 11.3. The summed E-state index contributed by atoms with van der Waals surface area (Å²) in [5.74, 6) is -1.02. The third-order valence-corrected chi connectivity index (χ3v) is 2.92. The van der Waals surface area contributed by atoms with Crippen molar-refractivity contribution in [2.45, 2.75) is 6.92 Å². The third kappa shape index (κ3) is 4.18. The van der Waals surface area contributed by atoms with Crippen LogP contribution >= 0.6 is 0 Å². The quantitative estimate of drug-likeness (QED) is 0.879. The van der Waals surface area contributed by atoms with E-state index >= 15 is 0 Å². The van der Waals surface area contributed by atoms with Crippen LogP contribution in [0.4, 0.5) is 5.69 Å². The predicted molar refractivity (Wildman–Crippen MR) is 81.2 cm³/mol. The molecule has 0 radical (unpaired) electrons. The molecule has 1 N–H and O–H groups in total. The van der Waals surface area contributed by atoms with Crippen LogP contribution in [0.25, 0.3) is 0 Å². The van der Waals surface area contributed by atoms with Crippen molar-refractivity contribution in [1.82, 2.24) is 0 Å². The topological polar surface area (TPSA) is 79.2 Å². The number of rotatable bonds is 4. The first-order valence-corrected chi connectivity index (χ1v) is 6.62. The molecule has 1 amide bonds. The molecular weight excluding hydrogens is 280 g/mol. The monoisotopic (exact) mass is 294 g/mol. The first kappa shape index (κ1) is 15.3. The molecule has 0 aromatic heterocycles. The van der Waals surface area contributed by atoms with Gasteiger partial charge in [-0.25, -0.2) is 4.79 Å². The molecule has 5 nitrogen and oxygen atoms in total. The summed E-state index contributed by atoms with van der Waals surface area (Å²) in [6.07, 6.45) is 0. The average Bonchev–Trinajstić information content (AvgIpc) is 2.55. The van der Waals surface area contributed by atoms with Gasteiger partial charge in [0.05, 0.1) is 17.2 Å². The van der Waals surface area contributed by atoms with Gasteiger partial charge in [-0.2, -0.15) is 5.26 Å². The average molecular weight is 294 g/mol. The van der Waals surface area contributed by atoms with Crippen molar-refractivity contribution in [2.75, 3.05) is 11.9 Å². The van der Waals surface area contributed by atoms with E-state index in [4.69, 9.17) is 10.00 Å². The van der Waals surface area contributed by atoms with Crippen molar-refractivity contribution < 1.29 is 14.3 Å². The molecule has 0 aliphatic rings. The van der Waals surface area contributed by atoms with Gasteiger partial charge in [0.1, 0.15) is 0 Å². The van der Waals surface area contributed by atoms with E-state index in [9.17, 15) is 9.59 Å². The second-order valence-corrected chi connectivity index (χ2v) is 4.68. The van der Waals surface area contributed by atoms with E-state index in [1.165, 1.54) is 24.3 Å². The molecule has 2 aromatic rings. The Morgan fingerprint density at radius 1 is 1.09 bits per heavy atom. The first-order valence-electron chi connectivity index (χ1n) is 6.62. The maximum Gasteiger partial charge on any atom is 0.338 e. The third-order valence-electron chi connectivity index (χ3n) is 2.92. The van der Waals surface area contributed by atoms with Crippen molar-refractivity contribution in [1.29, 1.82) is 5.26 Å². The van der Waals surface area contributed by atoms with Crippen LogP contribution in [0.5, 0.6) is 0 Å². The maximum atomic E-state index is 11.8. The van der Waals surface area contributed by atoms with Gasteiger partial charge >= 0.3 is 5.97 Å². The lowest BCUT2D eigenvalue weighted by Gasteiger charge is -2.07. The van der Waals surface area contributed by atoms with Gasteiger partial charge in [-0.15, -0.1) is 0 Å². The molecule has 22 heavy (non-hydrogen) atoms. The standard InChI is InChI=1S/C17H14N2O3/c1-12-2-8-15(9-3-12)19-16(20)11-22-17(21)14-6-4-13(10-18)5-7-14/h2-9H,11H2,1H3,(H,19,20). The number of ether oxygens (including phenoxy) is 1. The van der Waals surface area contributed by atoms with Gasteiger partial charge in [0.25, 0.3) is 5.91 Å². The van der Waals surface area contributed by atoms with Crippen LogP contribution in [0.2, 0.25) is 0 Å². The molecule has 110 valence electrons. The van der Waals surface area contributed by atoms with Crippen LogP contribution in [-0.4, -0.2) is 18.5 Å². The number of amides is 1. The van der Waals surface area contributed by atoms with E-state index in [0.717, 1.165) is 5.56 Å². The fourth-order valence-corrected chi connectivity index (χ4v) is 1.73. The van der Waals surface area contributed by atoms with E-state index < -0.39 is 11.9 Å². The summed E-state index contributed by atoms with van der Waals surface area (Å²) < 4.78 is 4.93. The Morgan fingerprint density at radius 3 is 2.32 bits per heavy atom. The van der Waals surface area contributed by atoms with Crippen molar-refractivity contribution >= 4 is 17.6 Å². The summed E-state index contributed by atoms with van der Waals surface area (Å²) in [7, 11) is 0. The van der Waals surface area contributed by atoms with E-state index in [1.807, 2.05) is 25.1 Å². The first-order chi connectivity index (χ1) is 10.6. The molecule has 0 bridgehead atoms. The number of nitriles is 1. The Balaban J connectivity index is 1.86. The van der Waals surface area contributed by atoms with Crippen molar-refractivity contribution in [3.05, 3.63) is 65.2 Å². The zero-order chi connectivity index (χ0) is 15.9. The van der Waals surface area contributed by atoms with Crippen molar-refractivity contribution in [3.8, 4) is 6.07 Å². The highest BCUT2D eigenvalue weighted by molar-refractivity contribution is 5.95. The number of carbonyl (C=O) groups excluding carboxylic acids is 2. The number of carbonyl (C=O) groups is 2. The minimum absolute atomic E-state index is 0.294. The van der Waals surface area contributed by atoms with Crippen molar-refractivity contribution in [2.24, 2.45) is 0 Å². The van der Waals surface area contributed by atoms with Crippen LogP contribution < -0.4 is 5.32 Å². The molecule has 0 spiro atoms. The van der Waals surface area contributed by atoms with Crippen LogP contribution in [0.3, 0.4) is 0 Å². The molecule has 2 aromatic carbocycles. The van der Waals surface area contributed by atoms with Crippen LogP contribution in [-0.2, 0) is 9.53 Å². The SMILES string of the molecule is Cc1ccc(NC(=O)COC(=O)c2ccc(C#N)cc2)cc1. The second kappa shape index (κ2) is 7.04. The zero-order valence-corrected chi connectivity index (χ0v) is 12.0. The van der Waals surface area contributed by atoms with E-state index in [2.05, 4.69) is 5.32 Å². The largest absolute Gasteiger partial charge is 0.452 e. The van der Waals surface area contributed by atoms with E-state index in [0.29, 0.717) is 16.8 Å². The molecular formula is C17H14N2O3. The van der Waals surface area contributed by atoms with E-state index in [-0.39, 0.29) is 6.61 Å². The van der Waals surface area contributed by atoms with Crippen LogP contribution in [0.15, 0.2) is 48.5 Å². The van der Waals surface area contributed by atoms with Gasteiger partial charge in [-0.05, 0) is 43.3 Å². The minimum Gasteiger partial charge on any atom is -0.452 e. The van der Waals surface area contributed by atoms with Gasteiger partial charge < -0.3 is 10.1 Å². The Kier molecular flexibility index (Phi) is 4.89. The Labute approximate surface area is 128 Å². The van der Waals surface area contributed by atoms with Gasteiger partial charge in [0.2, 0.25) is 0 Å². The van der Waals surface area contributed by atoms with Gasteiger partial charge in [-0.3, -0.25) is 4.79 Å². The summed E-state index contributed by atoms with van der Waals surface area (Å²) in [4.78, 5) is 23.5. The summed E-state index contributed by atoms with van der Waals surface area (Å²) in [5.41, 5.74) is 2.48. The number of nitrogens with one attached hydrogen (secondary N) is 1. The highest BCUT2D eigenvalue weighted by atomic mass is 16.5. The molecule has 0 unspecified atom stereocenters. The molecule has 2 rings (SSSR count). The fraction of sp³-hybridized carbons (Fsp3) is 0.118. The maximum absolute atomic E-state index is 11.8. The predicted octanol–water partition coefficient (Wildman–Crippen LogP) is 2.66. The molecule has 0 fully saturated rings. The van der Waals surface area contributed by atoms with Gasteiger partial charge in [0.15, 0.2) is 6.61 Å². The molecule has 0 atom stereocenters. The molecule has 5 heteroatoms. The highest BCUT2D eigenvalue weighted by Gasteiger charge is 2.10. The van der Waals surface area contributed by atoms with Gasteiger partial charge in [0, 0.05) is 5.69 Å². The molecule has 0 aliphatic carbocycles. The lowest BCUT2D eigenvalue weighted by molar-refractivity contribution is -0.119. The Hall–Kier alpha value is -3.13. The zero-order valence-electron chi connectivity index (χ0n) is 12.0. The number of anilines is 1. The number of hydrogen-bond donors (Lipinski definition) is 1. The Morgan fingerprint density at radius 2 is 1.73 bits per heavy atom.